The second-order valence-corrected chi connectivity index (χ2v) is 6.46. The third kappa shape index (κ3) is 3.06. The first-order chi connectivity index (χ1) is 8.14. The SMILES string of the molecule is Cc1csc(CC(NN)C2(C)CCCCC2)n1. The number of hydrogen-bond acceptors (Lipinski definition) is 4. The molecule has 4 heteroatoms. The van der Waals surface area contributed by atoms with Gasteiger partial charge in [0.1, 0.15) is 0 Å². The van der Waals surface area contributed by atoms with Gasteiger partial charge in [-0.3, -0.25) is 11.3 Å². The second-order valence-electron chi connectivity index (χ2n) is 5.52. The maximum atomic E-state index is 5.77. The molecule has 17 heavy (non-hydrogen) atoms. The molecule has 1 aromatic heterocycles. The number of nitrogens with two attached hydrogens (primary N) is 1. The summed E-state index contributed by atoms with van der Waals surface area (Å²) in [6, 6.07) is 0.355. The van der Waals surface area contributed by atoms with E-state index in [1.165, 1.54) is 37.1 Å². The predicted molar refractivity (Wildman–Crippen MR) is 72.9 cm³/mol. The van der Waals surface area contributed by atoms with E-state index in [0.29, 0.717) is 11.5 Å². The Morgan fingerprint density at radius 2 is 2.18 bits per heavy atom. The lowest BCUT2D eigenvalue weighted by atomic mass is 9.70. The van der Waals surface area contributed by atoms with Crippen LogP contribution in [0.25, 0.3) is 0 Å². The molecular weight excluding hydrogens is 230 g/mol. The number of thiazole rings is 1. The average Bonchev–Trinajstić information content (AvgIpc) is 2.72. The van der Waals surface area contributed by atoms with Gasteiger partial charge < -0.3 is 0 Å². The Morgan fingerprint density at radius 1 is 1.47 bits per heavy atom. The highest BCUT2D eigenvalue weighted by Crippen LogP contribution is 2.39. The fourth-order valence-electron chi connectivity index (χ4n) is 2.89. The van der Waals surface area contributed by atoms with E-state index in [9.17, 15) is 0 Å². The van der Waals surface area contributed by atoms with Crippen molar-refractivity contribution in [2.75, 3.05) is 0 Å². The van der Waals surface area contributed by atoms with Gasteiger partial charge in [-0.25, -0.2) is 4.98 Å². The van der Waals surface area contributed by atoms with Gasteiger partial charge in [0.2, 0.25) is 0 Å². The van der Waals surface area contributed by atoms with Gasteiger partial charge in [0, 0.05) is 23.5 Å². The van der Waals surface area contributed by atoms with E-state index in [2.05, 4.69) is 22.7 Å². The van der Waals surface area contributed by atoms with Crippen molar-refractivity contribution in [3.05, 3.63) is 16.1 Å². The van der Waals surface area contributed by atoms with E-state index in [1.807, 2.05) is 6.92 Å². The minimum atomic E-state index is 0.340. The fraction of sp³-hybridized carbons (Fsp3) is 0.769. The maximum absolute atomic E-state index is 5.77. The molecule has 1 aliphatic carbocycles. The Morgan fingerprint density at radius 3 is 2.71 bits per heavy atom. The zero-order valence-corrected chi connectivity index (χ0v) is 11.6. The zero-order valence-electron chi connectivity index (χ0n) is 10.8. The van der Waals surface area contributed by atoms with Crippen molar-refractivity contribution in [1.29, 1.82) is 0 Å². The second kappa shape index (κ2) is 5.46. The average molecular weight is 253 g/mol. The molecule has 1 atom stereocenters. The van der Waals surface area contributed by atoms with Crippen LogP contribution in [0.1, 0.15) is 49.7 Å². The van der Waals surface area contributed by atoms with Crippen LogP contribution in [0, 0.1) is 12.3 Å². The Bertz CT molecular complexity index is 355. The molecule has 0 saturated heterocycles. The Hall–Kier alpha value is -0.450. The van der Waals surface area contributed by atoms with Gasteiger partial charge in [0.15, 0.2) is 0 Å². The number of aryl methyl sites for hydroxylation is 1. The molecule has 1 saturated carbocycles. The van der Waals surface area contributed by atoms with Gasteiger partial charge in [-0.1, -0.05) is 26.2 Å². The van der Waals surface area contributed by atoms with Gasteiger partial charge in [-0.2, -0.15) is 0 Å². The summed E-state index contributed by atoms with van der Waals surface area (Å²) in [7, 11) is 0. The summed E-state index contributed by atoms with van der Waals surface area (Å²) < 4.78 is 0. The normalized spacial score (nSPS) is 21.4. The lowest BCUT2D eigenvalue weighted by Gasteiger charge is -2.40. The summed E-state index contributed by atoms with van der Waals surface area (Å²) in [5, 5.41) is 3.32. The van der Waals surface area contributed by atoms with Crippen molar-refractivity contribution in [3.63, 3.8) is 0 Å². The largest absolute Gasteiger partial charge is 0.271 e. The number of hydrogen-bond donors (Lipinski definition) is 2. The maximum Gasteiger partial charge on any atom is 0.0944 e. The molecule has 0 aromatic carbocycles. The number of nitrogens with zero attached hydrogens (tertiary/aromatic N) is 1. The van der Waals surface area contributed by atoms with E-state index < -0.39 is 0 Å². The van der Waals surface area contributed by atoms with Crippen LogP contribution in [0.5, 0.6) is 0 Å². The summed E-state index contributed by atoms with van der Waals surface area (Å²) in [5.41, 5.74) is 4.50. The first-order valence-electron chi connectivity index (χ1n) is 6.51. The molecule has 0 bridgehead atoms. The van der Waals surface area contributed by atoms with Crippen molar-refractivity contribution in [2.24, 2.45) is 11.3 Å². The molecule has 96 valence electrons. The molecule has 1 heterocycles. The van der Waals surface area contributed by atoms with Crippen LogP contribution in [-0.2, 0) is 6.42 Å². The minimum Gasteiger partial charge on any atom is -0.271 e. The Kier molecular flexibility index (Phi) is 4.17. The van der Waals surface area contributed by atoms with Crippen molar-refractivity contribution >= 4 is 11.3 Å². The van der Waals surface area contributed by atoms with Crippen molar-refractivity contribution in [1.82, 2.24) is 10.4 Å². The fourth-order valence-corrected chi connectivity index (χ4v) is 3.70. The molecule has 3 nitrogen and oxygen atoms in total. The molecule has 0 aliphatic heterocycles. The summed E-state index contributed by atoms with van der Waals surface area (Å²) in [6.07, 6.45) is 7.59. The molecule has 1 aromatic rings. The lowest BCUT2D eigenvalue weighted by Crippen LogP contribution is -2.49. The Labute approximate surface area is 108 Å². The summed E-state index contributed by atoms with van der Waals surface area (Å²) >= 11 is 1.75. The highest BCUT2D eigenvalue weighted by molar-refractivity contribution is 7.09. The topological polar surface area (TPSA) is 50.9 Å². The number of aromatic nitrogens is 1. The summed E-state index contributed by atoms with van der Waals surface area (Å²) in [4.78, 5) is 4.55. The zero-order chi connectivity index (χ0) is 12.3. The van der Waals surface area contributed by atoms with Crippen molar-refractivity contribution < 1.29 is 0 Å². The third-order valence-electron chi connectivity index (χ3n) is 4.08. The summed E-state index contributed by atoms with van der Waals surface area (Å²) in [6.45, 7) is 4.42. The molecule has 3 N–H and O–H groups in total. The van der Waals surface area contributed by atoms with E-state index >= 15 is 0 Å². The summed E-state index contributed by atoms with van der Waals surface area (Å²) in [5.74, 6) is 5.77. The first-order valence-corrected chi connectivity index (χ1v) is 7.39. The number of rotatable bonds is 4. The van der Waals surface area contributed by atoms with Crippen LogP contribution in [0.15, 0.2) is 5.38 Å². The van der Waals surface area contributed by atoms with Crippen LogP contribution in [0.4, 0.5) is 0 Å². The quantitative estimate of drug-likeness (QED) is 0.641. The van der Waals surface area contributed by atoms with Gasteiger partial charge in [-0.05, 0) is 25.2 Å². The van der Waals surface area contributed by atoms with E-state index in [0.717, 1.165) is 12.1 Å². The molecule has 1 unspecified atom stereocenters. The number of nitrogens with one attached hydrogen (secondary N) is 1. The molecule has 2 rings (SSSR count). The van der Waals surface area contributed by atoms with Crippen LogP contribution in [0.3, 0.4) is 0 Å². The minimum absolute atomic E-state index is 0.340. The smallest absolute Gasteiger partial charge is 0.0944 e. The molecule has 1 aliphatic rings. The molecule has 1 fully saturated rings. The first kappa shape index (κ1) is 13.0. The molecular formula is C13H23N3S. The van der Waals surface area contributed by atoms with Crippen molar-refractivity contribution in [3.8, 4) is 0 Å². The number of hydrazine groups is 1. The van der Waals surface area contributed by atoms with Crippen LogP contribution < -0.4 is 11.3 Å². The van der Waals surface area contributed by atoms with E-state index in [-0.39, 0.29) is 0 Å². The van der Waals surface area contributed by atoms with Gasteiger partial charge in [0.05, 0.1) is 5.01 Å². The van der Waals surface area contributed by atoms with Gasteiger partial charge in [-0.15, -0.1) is 11.3 Å². The lowest BCUT2D eigenvalue weighted by molar-refractivity contribution is 0.144. The van der Waals surface area contributed by atoms with E-state index in [4.69, 9.17) is 5.84 Å². The van der Waals surface area contributed by atoms with Crippen molar-refractivity contribution in [2.45, 2.75) is 58.4 Å². The van der Waals surface area contributed by atoms with E-state index in [1.54, 1.807) is 11.3 Å². The molecule has 0 amide bonds. The molecule has 0 spiro atoms. The molecule has 0 radical (unpaired) electrons. The van der Waals surface area contributed by atoms with Gasteiger partial charge in [0.25, 0.3) is 0 Å². The van der Waals surface area contributed by atoms with Gasteiger partial charge >= 0.3 is 0 Å². The highest BCUT2D eigenvalue weighted by Gasteiger charge is 2.35. The monoisotopic (exact) mass is 253 g/mol. The predicted octanol–water partition coefficient (Wildman–Crippen LogP) is 2.80. The standard InChI is InChI=1S/C13H23N3S/c1-10-9-17-12(15-10)8-11(16-14)13(2)6-4-3-5-7-13/h9,11,16H,3-8,14H2,1-2H3. The Balaban J connectivity index is 2.05. The third-order valence-corrected chi connectivity index (χ3v) is 5.07. The van der Waals surface area contributed by atoms with Crippen LogP contribution in [-0.4, -0.2) is 11.0 Å². The highest BCUT2D eigenvalue weighted by atomic mass is 32.1. The van der Waals surface area contributed by atoms with Crippen LogP contribution >= 0.6 is 11.3 Å². The van der Waals surface area contributed by atoms with Crippen LogP contribution in [0.2, 0.25) is 0 Å².